The number of methoxy groups -OCH3 is 1. The second-order valence-corrected chi connectivity index (χ2v) is 9.69. The minimum atomic E-state index is -0.0103. The van der Waals surface area contributed by atoms with Gasteiger partial charge in [-0.15, -0.1) is 0 Å². The Labute approximate surface area is 202 Å². The molecule has 2 aromatic carbocycles. The molecule has 0 fully saturated rings. The summed E-state index contributed by atoms with van der Waals surface area (Å²) in [6, 6.07) is 11.7. The van der Waals surface area contributed by atoms with Gasteiger partial charge in [0.15, 0.2) is 5.13 Å². The lowest BCUT2D eigenvalue weighted by Gasteiger charge is -2.20. The molecule has 6 nitrogen and oxygen atoms in total. The van der Waals surface area contributed by atoms with Gasteiger partial charge in [-0.2, -0.15) is 5.10 Å². The van der Waals surface area contributed by atoms with Gasteiger partial charge in [-0.05, 0) is 68.7 Å². The Kier molecular flexibility index (Phi) is 6.72. The molecule has 0 N–H and O–H groups in total. The number of hydrogen-bond acceptors (Lipinski definition) is 5. The fourth-order valence-electron chi connectivity index (χ4n) is 4.00. The number of hydrogen-bond donors (Lipinski definition) is 0. The van der Waals surface area contributed by atoms with Crippen LogP contribution in [0.15, 0.2) is 36.4 Å². The minimum absolute atomic E-state index is 0.0103. The zero-order chi connectivity index (χ0) is 23.7. The molecule has 0 saturated heterocycles. The van der Waals surface area contributed by atoms with Gasteiger partial charge in [-0.25, -0.2) is 4.98 Å². The van der Waals surface area contributed by atoms with Crippen LogP contribution in [0.25, 0.3) is 10.2 Å². The zero-order valence-corrected chi connectivity index (χ0v) is 21.0. The Hall–Kier alpha value is -2.90. The lowest BCUT2D eigenvalue weighted by Crippen LogP contribution is -2.35. The molecule has 2 aromatic heterocycles. The number of benzene rings is 2. The second-order valence-electron chi connectivity index (χ2n) is 8.24. The highest BCUT2D eigenvalue weighted by atomic mass is 35.5. The molecule has 0 aliphatic carbocycles. The van der Waals surface area contributed by atoms with Crippen LogP contribution in [-0.2, 0) is 17.8 Å². The van der Waals surface area contributed by atoms with Gasteiger partial charge >= 0.3 is 0 Å². The quantitative estimate of drug-likeness (QED) is 0.341. The average Bonchev–Trinajstić information content (AvgIpc) is 3.31. The number of nitrogens with zero attached hydrogens (tertiary/aromatic N) is 4. The average molecular weight is 483 g/mol. The van der Waals surface area contributed by atoms with Crippen LogP contribution in [0, 0.1) is 27.7 Å². The highest BCUT2D eigenvalue weighted by Crippen LogP contribution is 2.33. The van der Waals surface area contributed by atoms with Crippen molar-refractivity contribution >= 4 is 44.2 Å². The van der Waals surface area contributed by atoms with Gasteiger partial charge in [0.2, 0.25) is 5.91 Å². The predicted octanol–water partition coefficient (Wildman–Crippen LogP) is 5.66. The molecule has 8 heteroatoms. The van der Waals surface area contributed by atoms with Crippen LogP contribution in [0.1, 0.15) is 28.1 Å². The number of aryl methyl sites for hydroxylation is 4. The van der Waals surface area contributed by atoms with E-state index in [1.54, 1.807) is 12.0 Å². The Bertz CT molecular complexity index is 1330. The summed E-state index contributed by atoms with van der Waals surface area (Å²) in [5.41, 5.74) is 5.85. The number of ether oxygens (including phenoxy) is 1. The van der Waals surface area contributed by atoms with Crippen LogP contribution in [0.2, 0.25) is 5.02 Å². The standard InChI is InChI=1S/C25H27ClN4O2S/c1-15-10-19(6-7-21(15)32-5)13-23(31)29(8-9-30-18(4)12-17(3)28-30)25-27-24-16(2)11-20(26)14-22(24)33-25/h6-7,10-12,14H,8-9,13H2,1-5H3. The summed E-state index contributed by atoms with van der Waals surface area (Å²) in [6.45, 7) is 9.02. The molecule has 0 radical (unpaired) electrons. The van der Waals surface area contributed by atoms with E-state index in [9.17, 15) is 4.79 Å². The first-order chi connectivity index (χ1) is 15.7. The Morgan fingerprint density at radius 2 is 1.91 bits per heavy atom. The summed E-state index contributed by atoms with van der Waals surface area (Å²) >= 11 is 7.75. The van der Waals surface area contributed by atoms with Gasteiger partial charge in [-0.3, -0.25) is 14.4 Å². The predicted molar refractivity (Wildman–Crippen MR) is 135 cm³/mol. The molecule has 0 atom stereocenters. The van der Waals surface area contributed by atoms with Crippen molar-refractivity contribution < 1.29 is 9.53 Å². The molecule has 0 aliphatic rings. The maximum Gasteiger partial charge on any atom is 0.233 e. The number of halogens is 1. The molecule has 2 heterocycles. The molecule has 1 amide bonds. The summed E-state index contributed by atoms with van der Waals surface area (Å²) in [5.74, 6) is 0.801. The van der Waals surface area contributed by atoms with Gasteiger partial charge in [-0.1, -0.05) is 35.1 Å². The molecule has 0 spiro atoms. The summed E-state index contributed by atoms with van der Waals surface area (Å²) in [6.07, 6.45) is 0.275. The summed E-state index contributed by atoms with van der Waals surface area (Å²) in [4.78, 5) is 20.1. The first-order valence-electron chi connectivity index (χ1n) is 10.8. The van der Waals surface area contributed by atoms with E-state index in [1.165, 1.54) is 11.3 Å². The molecule has 0 aliphatic heterocycles. The van der Waals surface area contributed by atoms with Crippen LogP contribution in [0.3, 0.4) is 0 Å². The highest BCUT2D eigenvalue weighted by molar-refractivity contribution is 7.22. The first-order valence-corrected chi connectivity index (χ1v) is 12.0. The van der Waals surface area contributed by atoms with E-state index < -0.39 is 0 Å². The molecule has 172 valence electrons. The minimum Gasteiger partial charge on any atom is -0.496 e. The van der Waals surface area contributed by atoms with Crippen LogP contribution < -0.4 is 9.64 Å². The molecule has 4 aromatic rings. The smallest absolute Gasteiger partial charge is 0.233 e. The van der Waals surface area contributed by atoms with Crippen LogP contribution >= 0.6 is 22.9 Å². The van der Waals surface area contributed by atoms with Gasteiger partial charge in [0.05, 0.1) is 36.0 Å². The second kappa shape index (κ2) is 9.53. The highest BCUT2D eigenvalue weighted by Gasteiger charge is 2.22. The normalized spacial score (nSPS) is 11.2. The largest absolute Gasteiger partial charge is 0.496 e. The number of carbonyl (C=O) groups excluding carboxylic acids is 1. The van der Waals surface area contributed by atoms with Gasteiger partial charge in [0.25, 0.3) is 0 Å². The SMILES string of the molecule is COc1ccc(CC(=O)N(CCn2nc(C)cc2C)c2nc3c(C)cc(Cl)cc3s2)cc1C. The van der Waals surface area contributed by atoms with Crippen molar-refractivity contribution in [3.63, 3.8) is 0 Å². The number of aromatic nitrogens is 3. The lowest BCUT2D eigenvalue weighted by atomic mass is 10.1. The van der Waals surface area contributed by atoms with Crippen molar-refractivity contribution in [3.05, 3.63) is 69.5 Å². The number of carbonyl (C=O) groups is 1. The summed E-state index contributed by atoms with van der Waals surface area (Å²) < 4.78 is 8.26. The number of anilines is 1. The Balaban J connectivity index is 1.66. The van der Waals surface area contributed by atoms with Gasteiger partial charge < -0.3 is 4.74 Å². The molecule has 4 rings (SSSR count). The van der Waals surface area contributed by atoms with E-state index in [0.717, 1.165) is 44.0 Å². The van der Waals surface area contributed by atoms with Crippen molar-refractivity contribution in [2.75, 3.05) is 18.6 Å². The maximum absolute atomic E-state index is 13.5. The van der Waals surface area contributed by atoms with E-state index >= 15 is 0 Å². The molecular formula is C25H27ClN4O2S. The number of thiazole rings is 1. The van der Waals surface area contributed by atoms with Crippen molar-refractivity contribution in [3.8, 4) is 5.75 Å². The Morgan fingerprint density at radius 1 is 1.12 bits per heavy atom. The van der Waals surface area contributed by atoms with Crippen molar-refractivity contribution in [2.45, 2.75) is 40.7 Å². The van der Waals surface area contributed by atoms with E-state index in [1.807, 2.05) is 68.8 Å². The lowest BCUT2D eigenvalue weighted by molar-refractivity contribution is -0.118. The molecule has 0 bridgehead atoms. The van der Waals surface area contributed by atoms with E-state index in [0.29, 0.717) is 23.2 Å². The Morgan fingerprint density at radius 3 is 2.58 bits per heavy atom. The number of rotatable bonds is 7. The molecular weight excluding hydrogens is 456 g/mol. The van der Waals surface area contributed by atoms with E-state index in [-0.39, 0.29) is 12.3 Å². The monoisotopic (exact) mass is 482 g/mol. The topological polar surface area (TPSA) is 60.2 Å². The van der Waals surface area contributed by atoms with E-state index in [2.05, 4.69) is 5.10 Å². The zero-order valence-electron chi connectivity index (χ0n) is 19.5. The third kappa shape index (κ3) is 5.04. The molecule has 0 unspecified atom stereocenters. The third-order valence-corrected chi connectivity index (χ3v) is 6.87. The van der Waals surface area contributed by atoms with Crippen molar-refractivity contribution in [1.82, 2.24) is 14.8 Å². The van der Waals surface area contributed by atoms with Gasteiger partial charge in [0.1, 0.15) is 5.75 Å². The summed E-state index contributed by atoms with van der Waals surface area (Å²) in [7, 11) is 1.65. The maximum atomic E-state index is 13.5. The number of amides is 1. The van der Waals surface area contributed by atoms with Crippen molar-refractivity contribution in [1.29, 1.82) is 0 Å². The third-order valence-electron chi connectivity index (χ3n) is 5.62. The first kappa shape index (κ1) is 23.3. The van der Waals surface area contributed by atoms with Gasteiger partial charge in [0, 0.05) is 17.3 Å². The fraction of sp³-hybridized carbons (Fsp3) is 0.320. The van der Waals surface area contributed by atoms with Crippen LogP contribution in [-0.4, -0.2) is 34.3 Å². The van der Waals surface area contributed by atoms with Crippen molar-refractivity contribution in [2.24, 2.45) is 0 Å². The number of fused-ring (bicyclic) bond motifs is 1. The van der Waals surface area contributed by atoms with Crippen LogP contribution in [0.4, 0.5) is 5.13 Å². The summed E-state index contributed by atoms with van der Waals surface area (Å²) in [5, 5.41) is 5.89. The fourth-order valence-corrected chi connectivity index (χ4v) is 5.47. The van der Waals surface area contributed by atoms with E-state index in [4.69, 9.17) is 21.3 Å². The van der Waals surface area contributed by atoms with Crippen LogP contribution in [0.5, 0.6) is 5.75 Å². The molecule has 33 heavy (non-hydrogen) atoms. The molecule has 0 saturated carbocycles.